The molecule has 0 fully saturated rings. The van der Waals surface area contributed by atoms with Crippen LogP contribution in [0.5, 0.6) is 0 Å². The van der Waals surface area contributed by atoms with Crippen molar-refractivity contribution in [3.05, 3.63) is 35.5 Å². The molecule has 1 aliphatic carbocycles. The molecule has 3 aliphatic rings. The molecule has 1 unspecified atom stereocenters. The molecule has 0 aromatic carbocycles. The van der Waals surface area contributed by atoms with E-state index in [1.807, 2.05) is 0 Å². The number of amides is 1. The summed E-state index contributed by atoms with van der Waals surface area (Å²) in [7, 11) is 1.49. The van der Waals surface area contributed by atoms with Crippen molar-refractivity contribution >= 4 is 5.91 Å². The summed E-state index contributed by atoms with van der Waals surface area (Å²) >= 11 is 0. The van der Waals surface area contributed by atoms with Crippen LogP contribution in [0.1, 0.15) is 19.3 Å². The fourth-order valence-electron chi connectivity index (χ4n) is 2.78. The molecule has 96 valence electrons. The molecule has 1 N–H and O–H groups in total. The molecule has 1 amide bonds. The van der Waals surface area contributed by atoms with E-state index in [-0.39, 0.29) is 11.8 Å². The largest absolute Gasteiger partial charge is 0.491 e. The van der Waals surface area contributed by atoms with Crippen molar-refractivity contribution in [2.75, 3.05) is 13.7 Å². The van der Waals surface area contributed by atoms with Gasteiger partial charge in [-0.05, 0) is 19.3 Å². The van der Waals surface area contributed by atoms with Gasteiger partial charge in [-0.15, -0.1) is 0 Å². The topological polar surface area (TPSA) is 53.0 Å². The summed E-state index contributed by atoms with van der Waals surface area (Å²) in [6.07, 6.45) is 8.39. The second kappa shape index (κ2) is 4.17. The lowest BCUT2D eigenvalue weighted by Crippen LogP contribution is -2.32. The van der Waals surface area contributed by atoms with Gasteiger partial charge in [0.1, 0.15) is 0 Å². The number of ether oxygens (including phenoxy) is 1. The van der Waals surface area contributed by atoms with Gasteiger partial charge in [-0.2, -0.15) is 0 Å². The van der Waals surface area contributed by atoms with Gasteiger partial charge in [-0.3, -0.25) is 10.0 Å². The number of carbonyl (C=O) groups excluding carboxylic acids is 1. The van der Waals surface area contributed by atoms with Crippen molar-refractivity contribution in [1.82, 2.24) is 9.96 Å². The fraction of sp³-hybridized carbons (Fsp3) is 0.462. The number of hydrogen-bond acceptors (Lipinski definition) is 4. The van der Waals surface area contributed by atoms with Crippen LogP contribution in [0, 0.1) is 5.92 Å². The normalized spacial score (nSPS) is 26.9. The van der Waals surface area contributed by atoms with Gasteiger partial charge < -0.3 is 9.64 Å². The number of carbonyl (C=O) groups is 1. The third kappa shape index (κ3) is 1.62. The molecular formula is C13H16N2O3. The Morgan fingerprint density at radius 1 is 1.50 bits per heavy atom. The Hall–Kier alpha value is -1.75. The number of hydroxylamine groups is 2. The fourth-order valence-corrected chi connectivity index (χ4v) is 2.78. The lowest BCUT2D eigenvalue weighted by Gasteiger charge is -2.27. The lowest BCUT2D eigenvalue weighted by molar-refractivity contribution is -0.127. The maximum absolute atomic E-state index is 12.1. The van der Waals surface area contributed by atoms with Gasteiger partial charge in [0, 0.05) is 24.2 Å². The zero-order valence-electron chi connectivity index (χ0n) is 10.3. The Morgan fingerprint density at radius 3 is 3.11 bits per heavy atom. The van der Waals surface area contributed by atoms with Crippen LogP contribution < -0.4 is 0 Å². The Morgan fingerprint density at radius 2 is 2.33 bits per heavy atom. The molecule has 0 saturated carbocycles. The van der Waals surface area contributed by atoms with E-state index in [1.54, 1.807) is 17.2 Å². The summed E-state index contributed by atoms with van der Waals surface area (Å²) in [6.45, 7) is 0.608. The first-order valence-electron chi connectivity index (χ1n) is 6.18. The summed E-state index contributed by atoms with van der Waals surface area (Å²) in [6, 6.07) is 0. The van der Waals surface area contributed by atoms with Crippen LogP contribution in [0.25, 0.3) is 0 Å². The second-order valence-electron chi connectivity index (χ2n) is 4.78. The molecule has 0 aromatic heterocycles. The highest BCUT2D eigenvalue weighted by atomic mass is 16.5. The highest BCUT2D eigenvalue weighted by Crippen LogP contribution is 2.34. The predicted molar refractivity (Wildman–Crippen MR) is 63.9 cm³/mol. The Labute approximate surface area is 106 Å². The number of nitrogens with zero attached hydrogens (tertiary/aromatic N) is 2. The molecule has 0 saturated heterocycles. The van der Waals surface area contributed by atoms with Crippen LogP contribution >= 0.6 is 0 Å². The minimum atomic E-state index is -0.121. The molecule has 2 aliphatic heterocycles. The summed E-state index contributed by atoms with van der Waals surface area (Å²) in [5, 5.41) is 11.2. The van der Waals surface area contributed by atoms with E-state index in [1.165, 1.54) is 7.11 Å². The third-order valence-corrected chi connectivity index (χ3v) is 3.72. The van der Waals surface area contributed by atoms with Crippen molar-refractivity contribution in [3.63, 3.8) is 0 Å². The van der Waals surface area contributed by atoms with Crippen molar-refractivity contribution in [2.24, 2.45) is 5.92 Å². The highest BCUT2D eigenvalue weighted by molar-refractivity contribution is 5.96. The van der Waals surface area contributed by atoms with E-state index in [9.17, 15) is 10.0 Å². The van der Waals surface area contributed by atoms with Crippen molar-refractivity contribution in [3.8, 4) is 0 Å². The molecule has 18 heavy (non-hydrogen) atoms. The molecule has 1 atom stereocenters. The van der Waals surface area contributed by atoms with E-state index in [4.69, 9.17) is 4.74 Å². The predicted octanol–water partition coefficient (Wildman–Crippen LogP) is 1.59. The van der Waals surface area contributed by atoms with Crippen LogP contribution in [-0.4, -0.2) is 34.7 Å². The SMILES string of the molecule is COC1=CC2=CN(O)C3=CCCCC3CN2C1=O. The number of hydrogen-bond donors (Lipinski definition) is 1. The highest BCUT2D eigenvalue weighted by Gasteiger charge is 2.36. The Kier molecular flexibility index (Phi) is 2.63. The van der Waals surface area contributed by atoms with E-state index < -0.39 is 0 Å². The summed E-state index contributed by atoms with van der Waals surface area (Å²) in [5.41, 5.74) is 1.60. The summed E-state index contributed by atoms with van der Waals surface area (Å²) in [5.74, 6) is 0.410. The molecule has 0 bridgehead atoms. The van der Waals surface area contributed by atoms with Crippen LogP contribution in [0.3, 0.4) is 0 Å². The van der Waals surface area contributed by atoms with Gasteiger partial charge in [-0.25, -0.2) is 5.06 Å². The molecule has 2 heterocycles. The van der Waals surface area contributed by atoms with Crippen LogP contribution in [0.15, 0.2) is 35.5 Å². The molecule has 3 rings (SSSR count). The first kappa shape index (κ1) is 11.3. The molecule has 5 heteroatoms. The number of allylic oxidation sites excluding steroid dienone is 2. The second-order valence-corrected chi connectivity index (χ2v) is 4.78. The minimum Gasteiger partial charge on any atom is -0.491 e. The van der Waals surface area contributed by atoms with E-state index >= 15 is 0 Å². The standard InChI is InChI=1S/C13H16N2O3/c1-18-12-6-10-8-15(17)11-5-3-2-4-9(11)7-14(10)13(12)16/h5-6,8-9,17H,2-4,7H2,1H3. The van der Waals surface area contributed by atoms with Gasteiger partial charge in [0.15, 0.2) is 5.76 Å². The summed E-state index contributed by atoms with van der Waals surface area (Å²) < 4.78 is 5.04. The van der Waals surface area contributed by atoms with Gasteiger partial charge in [-0.1, -0.05) is 6.08 Å². The minimum absolute atomic E-state index is 0.121. The quantitative estimate of drug-likeness (QED) is 0.765. The average Bonchev–Trinajstić information content (AvgIpc) is 2.59. The average molecular weight is 248 g/mol. The maximum Gasteiger partial charge on any atom is 0.293 e. The summed E-state index contributed by atoms with van der Waals surface area (Å²) in [4.78, 5) is 13.8. The van der Waals surface area contributed by atoms with E-state index in [0.29, 0.717) is 18.0 Å². The third-order valence-electron chi connectivity index (χ3n) is 3.72. The molecular weight excluding hydrogens is 232 g/mol. The first-order valence-corrected chi connectivity index (χ1v) is 6.18. The molecule has 0 spiro atoms. The number of methoxy groups -OCH3 is 1. The van der Waals surface area contributed by atoms with Crippen LogP contribution in [0.4, 0.5) is 0 Å². The van der Waals surface area contributed by atoms with Gasteiger partial charge in [0.05, 0.1) is 19.0 Å². The van der Waals surface area contributed by atoms with Crippen LogP contribution in [-0.2, 0) is 9.53 Å². The monoisotopic (exact) mass is 248 g/mol. The maximum atomic E-state index is 12.1. The first-order chi connectivity index (χ1) is 8.70. The van der Waals surface area contributed by atoms with Gasteiger partial charge in [0.2, 0.25) is 0 Å². The van der Waals surface area contributed by atoms with Gasteiger partial charge >= 0.3 is 0 Å². The number of rotatable bonds is 1. The van der Waals surface area contributed by atoms with Crippen molar-refractivity contribution < 1.29 is 14.7 Å². The smallest absolute Gasteiger partial charge is 0.293 e. The van der Waals surface area contributed by atoms with Crippen molar-refractivity contribution in [2.45, 2.75) is 19.3 Å². The zero-order valence-corrected chi connectivity index (χ0v) is 10.3. The van der Waals surface area contributed by atoms with E-state index in [2.05, 4.69) is 6.08 Å². The Balaban J connectivity index is 1.98. The Bertz CT molecular complexity index is 479. The van der Waals surface area contributed by atoms with E-state index in [0.717, 1.165) is 30.0 Å². The number of fused-ring (bicyclic) bond motifs is 2. The molecule has 5 nitrogen and oxygen atoms in total. The van der Waals surface area contributed by atoms with Gasteiger partial charge in [0.25, 0.3) is 5.91 Å². The molecule has 0 radical (unpaired) electrons. The zero-order chi connectivity index (χ0) is 12.7. The van der Waals surface area contributed by atoms with Crippen molar-refractivity contribution in [1.29, 1.82) is 0 Å². The lowest BCUT2D eigenvalue weighted by atomic mass is 9.92. The molecule has 0 aromatic rings. The van der Waals surface area contributed by atoms with Crippen LogP contribution in [0.2, 0.25) is 0 Å².